The van der Waals surface area contributed by atoms with Crippen molar-refractivity contribution in [1.29, 1.82) is 0 Å². The minimum absolute atomic E-state index is 0.101. The molecule has 0 saturated carbocycles. The van der Waals surface area contributed by atoms with Crippen molar-refractivity contribution in [3.05, 3.63) is 58.1 Å². The smallest absolute Gasteiger partial charge is 0.0471 e. The predicted molar refractivity (Wildman–Crippen MR) is 72.7 cm³/mol. The summed E-state index contributed by atoms with van der Waals surface area (Å²) in [6.45, 7) is 0.101. The first-order valence-corrected chi connectivity index (χ1v) is 6.11. The second-order valence-electron chi connectivity index (χ2n) is 3.79. The first kappa shape index (κ1) is 12.4. The van der Waals surface area contributed by atoms with Gasteiger partial charge in [0.15, 0.2) is 0 Å². The van der Waals surface area contributed by atoms with Crippen LogP contribution in [-0.2, 0) is 6.42 Å². The molecule has 0 aliphatic heterocycles. The van der Waals surface area contributed by atoms with Crippen LogP contribution in [0.3, 0.4) is 0 Å². The van der Waals surface area contributed by atoms with E-state index in [0.29, 0.717) is 11.4 Å². The minimum Gasteiger partial charge on any atom is -0.396 e. The number of aliphatic hydroxyl groups is 1. The Hall–Kier alpha value is -1.02. The summed E-state index contributed by atoms with van der Waals surface area (Å²) in [5.74, 6) is 0. The summed E-state index contributed by atoms with van der Waals surface area (Å²) in [5, 5.41) is 10.4. The van der Waals surface area contributed by atoms with Crippen molar-refractivity contribution in [2.45, 2.75) is 6.42 Å². The van der Waals surface area contributed by atoms with Gasteiger partial charge < -0.3 is 5.11 Å². The maximum atomic E-state index is 8.97. The van der Waals surface area contributed by atoms with E-state index in [9.17, 15) is 0 Å². The highest BCUT2D eigenvalue weighted by Crippen LogP contribution is 2.26. The fraction of sp³-hybridized carbons (Fsp3) is 0.143. The third-order valence-electron chi connectivity index (χ3n) is 2.60. The largest absolute Gasteiger partial charge is 0.396 e. The van der Waals surface area contributed by atoms with Gasteiger partial charge in [-0.05, 0) is 47.4 Å². The monoisotopic (exact) mass is 266 g/mol. The van der Waals surface area contributed by atoms with E-state index >= 15 is 0 Å². The lowest BCUT2D eigenvalue weighted by atomic mass is 10.0. The van der Waals surface area contributed by atoms with Crippen molar-refractivity contribution in [3.63, 3.8) is 0 Å². The molecule has 0 bridgehead atoms. The number of hydrogen-bond donors (Lipinski definition) is 1. The Bertz CT molecular complexity index is 506. The first-order valence-electron chi connectivity index (χ1n) is 5.36. The van der Waals surface area contributed by atoms with Crippen LogP contribution in [0.4, 0.5) is 0 Å². The molecule has 0 fully saturated rings. The Labute approximate surface area is 111 Å². The summed E-state index contributed by atoms with van der Waals surface area (Å²) < 4.78 is 0. The number of rotatable bonds is 3. The van der Waals surface area contributed by atoms with E-state index in [1.807, 2.05) is 42.5 Å². The maximum absolute atomic E-state index is 8.97. The summed E-state index contributed by atoms with van der Waals surface area (Å²) in [7, 11) is 0. The van der Waals surface area contributed by atoms with Crippen molar-refractivity contribution < 1.29 is 5.11 Å². The third-order valence-corrected chi connectivity index (χ3v) is 3.23. The Morgan fingerprint density at radius 1 is 0.882 bits per heavy atom. The molecule has 0 aliphatic carbocycles. The lowest BCUT2D eigenvalue weighted by Crippen LogP contribution is -1.92. The maximum Gasteiger partial charge on any atom is 0.0471 e. The van der Waals surface area contributed by atoms with Crippen molar-refractivity contribution >= 4 is 23.2 Å². The van der Waals surface area contributed by atoms with Crippen molar-refractivity contribution in [2.24, 2.45) is 0 Å². The number of benzene rings is 2. The van der Waals surface area contributed by atoms with Crippen LogP contribution in [0.1, 0.15) is 5.56 Å². The van der Waals surface area contributed by atoms with E-state index in [2.05, 4.69) is 0 Å². The fourth-order valence-corrected chi connectivity index (χ4v) is 2.05. The molecule has 0 aliphatic rings. The summed E-state index contributed by atoms with van der Waals surface area (Å²) >= 11 is 11.9. The Morgan fingerprint density at radius 3 is 2.18 bits per heavy atom. The van der Waals surface area contributed by atoms with Crippen molar-refractivity contribution in [2.75, 3.05) is 6.61 Å². The van der Waals surface area contributed by atoms with Crippen LogP contribution in [0.5, 0.6) is 0 Å². The van der Waals surface area contributed by atoms with Crippen molar-refractivity contribution in [3.8, 4) is 11.1 Å². The van der Waals surface area contributed by atoms with Gasteiger partial charge in [-0.15, -0.1) is 0 Å². The molecule has 0 spiro atoms. The number of halogens is 2. The molecule has 0 atom stereocenters. The van der Waals surface area contributed by atoms with Gasteiger partial charge in [0, 0.05) is 16.7 Å². The average molecular weight is 267 g/mol. The molecule has 2 rings (SSSR count). The van der Waals surface area contributed by atoms with Crippen LogP contribution in [-0.4, -0.2) is 11.7 Å². The lowest BCUT2D eigenvalue weighted by Gasteiger charge is -2.07. The van der Waals surface area contributed by atoms with Crippen LogP contribution < -0.4 is 0 Å². The SMILES string of the molecule is OCCc1cc(-c2ccc(Cl)cc2)ccc1Cl. The Balaban J connectivity index is 2.39. The van der Waals surface area contributed by atoms with E-state index in [1.54, 1.807) is 0 Å². The number of aliphatic hydroxyl groups excluding tert-OH is 1. The fourth-order valence-electron chi connectivity index (χ4n) is 1.71. The van der Waals surface area contributed by atoms with Gasteiger partial charge in [-0.3, -0.25) is 0 Å². The molecule has 0 saturated heterocycles. The van der Waals surface area contributed by atoms with E-state index in [-0.39, 0.29) is 6.61 Å². The van der Waals surface area contributed by atoms with Crippen LogP contribution in [0.25, 0.3) is 11.1 Å². The zero-order valence-electron chi connectivity index (χ0n) is 9.16. The zero-order valence-corrected chi connectivity index (χ0v) is 10.7. The molecule has 0 unspecified atom stereocenters. The molecular weight excluding hydrogens is 255 g/mol. The lowest BCUT2D eigenvalue weighted by molar-refractivity contribution is 0.299. The van der Waals surface area contributed by atoms with Gasteiger partial charge in [-0.2, -0.15) is 0 Å². The van der Waals surface area contributed by atoms with Gasteiger partial charge in [0.1, 0.15) is 0 Å². The molecule has 0 heterocycles. The normalized spacial score (nSPS) is 10.5. The molecule has 1 nitrogen and oxygen atoms in total. The van der Waals surface area contributed by atoms with Crippen LogP contribution in [0, 0.1) is 0 Å². The van der Waals surface area contributed by atoms with Crippen LogP contribution >= 0.6 is 23.2 Å². The predicted octanol–water partition coefficient (Wildman–Crippen LogP) is 4.20. The number of hydrogen-bond acceptors (Lipinski definition) is 1. The average Bonchev–Trinajstić information content (AvgIpc) is 2.33. The standard InChI is InChI=1S/C14H12Cl2O/c15-13-4-1-10(2-5-13)11-3-6-14(16)12(9-11)7-8-17/h1-6,9,17H,7-8H2. The summed E-state index contributed by atoms with van der Waals surface area (Å²) in [6, 6.07) is 13.5. The van der Waals surface area contributed by atoms with Gasteiger partial charge in [0.25, 0.3) is 0 Å². The quantitative estimate of drug-likeness (QED) is 0.883. The highest BCUT2D eigenvalue weighted by molar-refractivity contribution is 6.31. The van der Waals surface area contributed by atoms with E-state index in [1.165, 1.54) is 0 Å². The minimum atomic E-state index is 0.101. The molecule has 1 N–H and O–H groups in total. The molecule has 0 amide bonds. The van der Waals surface area contributed by atoms with Gasteiger partial charge in [0.2, 0.25) is 0 Å². The molecule has 0 radical (unpaired) electrons. The third kappa shape index (κ3) is 3.01. The second kappa shape index (κ2) is 5.54. The highest BCUT2D eigenvalue weighted by atomic mass is 35.5. The molecule has 2 aromatic carbocycles. The second-order valence-corrected chi connectivity index (χ2v) is 4.63. The molecular formula is C14H12Cl2O. The topological polar surface area (TPSA) is 20.2 Å². The van der Waals surface area contributed by atoms with Gasteiger partial charge in [-0.1, -0.05) is 41.4 Å². The summed E-state index contributed by atoms with van der Waals surface area (Å²) in [6.07, 6.45) is 0.570. The van der Waals surface area contributed by atoms with E-state index in [0.717, 1.165) is 21.7 Å². The Morgan fingerprint density at radius 2 is 1.53 bits per heavy atom. The van der Waals surface area contributed by atoms with Crippen molar-refractivity contribution in [1.82, 2.24) is 0 Å². The van der Waals surface area contributed by atoms with E-state index < -0.39 is 0 Å². The van der Waals surface area contributed by atoms with Gasteiger partial charge in [0.05, 0.1) is 0 Å². The molecule has 3 heteroatoms. The summed E-state index contributed by atoms with van der Waals surface area (Å²) in [4.78, 5) is 0. The molecule has 0 aromatic heterocycles. The first-order chi connectivity index (χ1) is 8.20. The van der Waals surface area contributed by atoms with Crippen LogP contribution in [0.15, 0.2) is 42.5 Å². The molecule has 2 aromatic rings. The Kier molecular flexibility index (Phi) is 4.06. The highest BCUT2D eigenvalue weighted by Gasteiger charge is 2.03. The molecule has 88 valence electrons. The molecule has 17 heavy (non-hydrogen) atoms. The van der Waals surface area contributed by atoms with Crippen LogP contribution in [0.2, 0.25) is 10.0 Å². The zero-order chi connectivity index (χ0) is 12.3. The summed E-state index contributed by atoms with van der Waals surface area (Å²) in [5.41, 5.74) is 3.13. The van der Waals surface area contributed by atoms with Gasteiger partial charge in [-0.25, -0.2) is 0 Å². The van der Waals surface area contributed by atoms with Gasteiger partial charge >= 0.3 is 0 Å². The van der Waals surface area contributed by atoms with E-state index in [4.69, 9.17) is 28.3 Å².